The smallest absolute Gasteiger partial charge is 0.410 e. The molecule has 0 radical (unpaired) electrons. The van der Waals surface area contributed by atoms with Crippen LogP contribution in [0.5, 0.6) is 0 Å². The number of hydrogen-bond acceptors (Lipinski definition) is 5. The largest absolute Gasteiger partial charge is 0.444 e. The number of rotatable bonds is 4. The molecule has 0 spiro atoms. The number of likely N-dealkylation sites (tertiary alicyclic amines) is 1. The second-order valence-corrected chi connectivity index (χ2v) is 9.16. The van der Waals surface area contributed by atoms with Crippen molar-refractivity contribution in [2.24, 2.45) is 0 Å². The van der Waals surface area contributed by atoms with E-state index >= 15 is 0 Å². The number of carbonyl (C=O) groups is 2. The zero-order valence-electron chi connectivity index (χ0n) is 19.2. The summed E-state index contributed by atoms with van der Waals surface area (Å²) in [6.45, 7) is 8.95. The molecular formula is C25H30N4O3. The van der Waals surface area contributed by atoms with Gasteiger partial charge in [-0.25, -0.2) is 4.79 Å². The number of carbonyl (C=O) groups excluding carboxylic acids is 2. The summed E-state index contributed by atoms with van der Waals surface area (Å²) in [5.41, 5.74) is 2.38. The van der Waals surface area contributed by atoms with Crippen LogP contribution in [0.3, 0.4) is 0 Å². The first-order valence-electron chi connectivity index (χ1n) is 10.9. The molecule has 1 aliphatic heterocycles. The number of aryl methyl sites for hydroxylation is 1. The second-order valence-electron chi connectivity index (χ2n) is 9.16. The highest BCUT2D eigenvalue weighted by molar-refractivity contribution is 5.92. The molecule has 0 N–H and O–H groups in total. The van der Waals surface area contributed by atoms with Gasteiger partial charge in [0.1, 0.15) is 11.3 Å². The molecule has 0 bridgehead atoms. The maximum absolute atomic E-state index is 13.4. The van der Waals surface area contributed by atoms with Gasteiger partial charge in [-0.15, -0.1) is 0 Å². The van der Waals surface area contributed by atoms with E-state index in [1.807, 2.05) is 50.8 Å². The van der Waals surface area contributed by atoms with Gasteiger partial charge in [-0.1, -0.05) is 18.2 Å². The molecule has 1 fully saturated rings. The summed E-state index contributed by atoms with van der Waals surface area (Å²) in [6.07, 6.45) is 2.69. The standard InChI is InChI=1S/C25H30N4O3/c1-18-5-10-22(27-16-18)23(30)29(17-20-8-6-19(15-26)7-9-20)21-11-13-28(14-12-21)24(31)32-25(2,3)4/h5-10,16,21H,11-14,17H2,1-4H3. The number of ether oxygens (including phenoxy) is 1. The monoisotopic (exact) mass is 434 g/mol. The Morgan fingerprint density at radius 2 is 1.81 bits per heavy atom. The molecular weight excluding hydrogens is 404 g/mol. The molecule has 7 heteroatoms. The van der Waals surface area contributed by atoms with Crippen LogP contribution in [0.1, 0.15) is 60.8 Å². The Balaban J connectivity index is 1.76. The fourth-order valence-electron chi connectivity index (χ4n) is 3.68. The van der Waals surface area contributed by atoms with Crippen molar-refractivity contribution >= 4 is 12.0 Å². The number of piperidine rings is 1. The van der Waals surface area contributed by atoms with Crippen molar-refractivity contribution < 1.29 is 14.3 Å². The molecule has 1 saturated heterocycles. The molecule has 2 amide bonds. The lowest BCUT2D eigenvalue weighted by atomic mass is 10.0. The van der Waals surface area contributed by atoms with E-state index in [4.69, 9.17) is 10.00 Å². The highest BCUT2D eigenvalue weighted by Gasteiger charge is 2.32. The van der Waals surface area contributed by atoms with Gasteiger partial charge in [0.25, 0.3) is 5.91 Å². The molecule has 1 aliphatic rings. The Bertz CT molecular complexity index is 980. The summed E-state index contributed by atoms with van der Waals surface area (Å²) in [4.78, 5) is 33.7. The third-order valence-electron chi connectivity index (χ3n) is 5.38. The molecule has 0 saturated carbocycles. The number of benzene rings is 1. The summed E-state index contributed by atoms with van der Waals surface area (Å²) in [5, 5.41) is 9.05. The van der Waals surface area contributed by atoms with Crippen LogP contribution in [0, 0.1) is 18.3 Å². The predicted molar refractivity (Wildman–Crippen MR) is 121 cm³/mol. The van der Waals surface area contributed by atoms with E-state index in [0.717, 1.165) is 11.1 Å². The SMILES string of the molecule is Cc1ccc(C(=O)N(Cc2ccc(C#N)cc2)C2CCN(C(=O)OC(C)(C)C)CC2)nc1. The number of aromatic nitrogens is 1. The summed E-state index contributed by atoms with van der Waals surface area (Å²) >= 11 is 0. The van der Waals surface area contributed by atoms with Crippen molar-refractivity contribution in [1.82, 2.24) is 14.8 Å². The fourth-order valence-corrected chi connectivity index (χ4v) is 3.68. The number of nitrogens with zero attached hydrogens (tertiary/aromatic N) is 4. The van der Waals surface area contributed by atoms with Gasteiger partial charge < -0.3 is 14.5 Å². The molecule has 2 aromatic rings. The van der Waals surface area contributed by atoms with E-state index in [0.29, 0.717) is 43.7 Å². The van der Waals surface area contributed by atoms with Gasteiger partial charge in [0.05, 0.1) is 11.6 Å². The molecule has 0 atom stereocenters. The minimum absolute atomic E-state index is 0.0278. The lowest BCUT2D eigenvalue weighted by molar-refractivity contribution is 0.0141. The topological polar surface area (TPSA) is 86.5 Å². The molecule has 32 heavy (non-hydrogen) atoms. The van der Waals surface area contributed by atoms with Crippen molar-refractivity contribution in [2.45, 2.75) is 58.7 Å². The molecule has 0 unspecified atom stereocenters. The number of pyridine rings is 1. The minimum Gasteiger partial charge on any atom is -0.444 e. The normalized spacial score (nSPS) is 14.5. The summed E-state index contributed by atoms with van der Waals surface area (Å²) in [6, 6.07) is 13.0. The second kappa shape index (κ2) is 9.82. The van der Waals surface area contributed by atoms with Gasteiger partial charge in [0.2, 0.25) is 0 Å². The summed E-state index contributed by atoms with van der Waals surface area (Å²) in [5.74, 6) is -0.134. The molecule has 3 rings (SSSR count). The lowest BCUT2D eigenvalue weighted by Gasteiger charge is -2.39. The van der Waals surface area contributed by atoms with Gasteiger partial charge >= 0.3 is 6.09 Å². The van der Waals surface area contributed by atoms with E-state index in [1.165, 1.54) is 0 Å². The highest BCUT2D eigenvalue weighted by Crippen LogP contribution is 2.23. The Morgan fingerprint density at radius 1 is 1.16 bits per heavy atom. The van der Waals surface area contributed by atoms with Crippen molar-refractivity contribution in [3.05, 3.63) is 65.0 Å². The Kier molecular flexibility index (Phi) is 7.14. The van der Waals surface area contributed by atoms with Crippen LogP contribution >= 0.6 is 0 Å². The van der Waals surface area contributed by atoms with Crippen LogP contribution in [-0.4, -0.2) is 51.5 Å². The first-order chi connectivity index (χ1) is 15.2. The molecule has 1 aromatic heterocycles. The lowest BCUT2D eigenvalue weighted by Crippen LogP contribution is -2.49. The predicted octanol–water partition coefficient (Wildman–Crippen LogP) is 4.30. The number of nitriles is 1. The molecule has 1 aromatic carbocycles. The Hall–Kier alpha value is -3.40. The van der Waals surface area contributed by atoms with Crippen molar-refractivity contribution in [2.75, 3.05) is 13.1 Å². The Labute approximate surface area is 189 Å². The van der Waals surface area contributed by atoms with Crippen LogP contribution in [0.15, 0.2) is 42.6 Å². The summed E-state index contributed by atoms with van der Waals surface area (Å²) in [7, 11) is 0. The van der Waals surface area contributed by atoms with E-state index < -0.39 is 5.60 Å². The number of hydrogen-bond donors (Lipinski definition) is 0. The van der Waals surface area contributed by atoms with Gasteiger partial charge in [0.15, 0.2) is 0 Å². The van der Waals surface area contributed by atoms with Crippen molar-refractivity contribution in [1.29, 1.82) is 5.26 Å². The van der Waals surface area contributed by atoms with Gasteiger partial charge in [0, 0.05) is 31.9 Å². The molecule has 168 valence electrons. The maximum atomic E-state index is 13.4. The van der Waals surface area contributed by atoms with Crippen LogP contribution in [0.25, 0.3) is 0 Å². The van der Waals surface area contributed by atoms with Crippen LogP contribution in [0.2, 0.25) is 0 Å². The van der Waals surface area contributed by atoms with Gasteiger partial charge in [-0.2, -0.15) is 5.26 Å². The molecule has 2 heterocycles. The van der Waals surface area contributed by atoms with Crippen molar-refractivity contribution in [3.63, 3.8) is 0 Å². The third kappa shape index (κ3) is 6.07. The molecule has 7 nitrogen and oxygen atoms in total. The molecule has 0 aliphatic carbocycles. The Morgan fingerprint density at radius 3 is 2.34 bits per heavy atom. The van der Waals surface area contributed by atoms with Crippen LogP contribution < -0.4 is 0 Å². The van der Waals surface area contributed by atoms with Gasteiger partial charge in [-0.3, -0.25) is 9.78 Å². The van der Waals surface area contributed by atoms with E-state index in [-0.39, 0.29) is 18.0 Å². The van der Waals surface area contributed by atoms with Crippen LogP contribution in [-0.2, 0) is 11.3 Å². The maximum Gasteiger partial charge on any atom is 0.410 e. The zero-order valence-corrected chi connectivity index (χ0v) is 19.2. The number of amides is 2. The third-order valence-corrected chi connectivity index (χ3v) is 5.38. The summed E-state index contributed by atoms with van der Waals surface area (Å²) < 4.78 is 5.49. The van der Waals surface area contributed by atoms with Crippen LogP contribution in [0.4, 0.5) is 4.79 Å². The zero-order chi connectivity index (χ0) is 23.3. The minimum atomic E-state index is -0.539. The van der Waals surface area contributed by atoms with Crippen molar-refractivity contribution in [3.8, 4) is 6.07 Å². The fraction of sp³-hybridized carbons (Fsp3) is 0.440. The first kappa shape index (κ1) is 23.3. The van der Waals surface area contributed by atoms with Gasteiger partial charge in [-0.05, 0) is 69.9 Å². The van der Waals surface area contributed by atoms with E-state index in [9.17, 15) is 9.59 Å². The van der Waals surface area contributed by atoms with E-state index in [1.54, 1.807) is 29.3 Å². The average Bonchev–Trinajstić information content (AvgIpc) is 2.77. The van der Waals surface area contributed by atoms with E-state index in [2.05, 4.69) is 11.1 Å². The average molecular weight is 435 g/mol. The highest BCUT2D eigenvalue weighted by atomic mass is 16.6. The first-order valence-corrected chi connectivity index (χ1v) is 10.9. The quantitative estimate of drug-likeness (QED) is 0.716.